The molecule has 0 fully saturated rings. The number of hydrogen-bond donors (Lipinski definition) is 1. The summed E-state index contributed by atoms with van der Waals surface area (Å²) in [6, 6.07) is 5.78. The minimum absolute atomic E-state index is 0.178. The minimum Gasteiger partial charge on any atom is -0.744 e. The zero-order valence-electron chi connectivity index (χ0n) is 8.73. The number of halogens is 3. The SMILES string of the molecule is Cc1ccc(S(=O)(=O)[O-])cc1.OCC(F)(F)F. The molecule has 1 rings (SSSR count). The Hall–Kier alpha value is -1.12. The molecule has 0 aromatic heterocycles. The summed E-state index contributed by atoms with van der Waals surface area (Å²) in [6.07, 6.45) is -4.40. The van der Waals surface area contributed by atoms with E-state index in [2.05, 4.69) is 0 Å². The Morgan fingerprint density at radius 1 is 1.24 bits per heavy atom. The van der Waals surface area contributed by atoms with Crippen LogP contribution in [-0.4, -0.2) is 30.9 Å². The van der Waals surface area contributed by atoms with Crippen molar-refractivity contribution < 1.29 is 31.2 Å². The number of alkyl halides is 3. The van der Waals surface area contributed by atoms with Crippen molar-refractivity contribution in [1.29, 1.82) is 0 Å². The van der Waals surface area contributed by atoms with Crippen LogP contribution in [0.1, 0.15) is 5.56 Å². The Balaban J connectivity index is 0.000000366. The third-order valence-electron chi connectivity index (χ3n) is 1.49. The van der Waals surface area contributed by atoms with Crippen molar-refractivity contribution in [2.24, 2.45) is 0 Å². The van der Waals surface area contributed by atoms with E-state index in [1.807, 2.05) is 6.92 Å². The quantitative estimate of drug-likeness (QED) is 0.784. The lowest BCUT2D eigenvalue weighted by Gasteiger charge is -2.05. The Kier molecular flexibility index (Phi) is 5.59. The number of hydrogen-bond acceptors (Lipinski definition) is 4. The molecule has 0 aliphatic rings. The molecule has 0 bridgehead atoms. The van der Waals surface area contributed by atoms with Gasteiger partial charge in [0, 0.05) is 0 Å². The average Bonchev–Trinajstić information content (AvgIpc) is 2.17. The first-order chi connectivity index (χ1) is 7.56. The predicted molar refractivity (Wildman–Crippen MR) is 52.3 cm³/mol. The van der Waals surface area contributed by atoms with E-state index in [-0.39, 0.29) is 4.90 Å². The van der Waals surface area contributed by atoms with Crippen LogP contribution >= 0.6 is 0 Å². The van der Waals surface area contributed by atoms with E-state index >= 15 is 0 Å². The van der Waals surface area contributed by atoms with Gasteiger partial charge in [0.2, 0.25) is 0 Å². The van der Waals surface area contributed by atoms with Gasteiger partial charge in [0.05, 0.1) is 4.90 Å². The maximum Gasteiger partial charge on any atom is 0.411 e. The maximum atomic E-state index is 10.5. The van der Waals surface area contributed by atoms with Gasteiger partial charge in [-0.2, -0.15) is 13.2 Å². The molecule has 1 aromatic carbocycles. The molecule has 0 amide bonds. The van der Waals surface area contributed by atoms with Gasteiger partial charge in [0.15, 0.2) is 0 Å². The van der Waals surface area contributed by atoms with Gasteiger partial charge in [-0.25, -0.2) is 8.42 Å². The molecule has 1 N–H and O–H groups in total. The number of aliphatic hydroxyl groups excluding tert-OH is 1. The van der Waals surface area contributed by atoms with Gasteiger partial charge in [-0.05, 0) is 19.1 Å². The van der Waals surface area contributed by atoms with Crippen LogP contribution in [0.4, 0.5) is 13.2 Å². The molecule has 1 aromatic rings. The molecule has 0 atom stereocenters. The zero-order chi connectivity index (χ0) is 13.7. The van der Waals surface area contributed by atoms with Gasteiger partial charge in [0.25, 0.3) is 0 Å². The van der Waals surface area contributed by atoms with Crippen LogP contribution < -0.4 is 0 Å². The van der Waals surface area contributed by atoms with Crippen LogP contribution in [0.3, 0.4) is 0 Å². The highest BCUT2D eigenvalue weighted by Gasteiger charge is 2.24. The molecule has 0 radical (unpaired) electrons. The summed E-state index contributed by atoms with van der Waals surface area (Å²) in [7, 11) is -4.27. The molecule has 0 aliphatic heterocycles. The number of rotatable bonds is 1. The molecule has 0 saturated carbocycles. The van der Waals surface area contributed by atoms with E-state index in [0.717, 1.165) is 5.56 Å². The molecule has 0 aliphatic carbocycles. The Labute approximate surface area is 96.5 Å². The Bertz CT molecular complexity index is 436. The molecule has 0 spiro atoms. The van der Waals surface area contributed by atoms with Crippen LogP contribution in [0.5, 0.6) is 0 Å². The van der Waals surface area contributed by atoms with Gasteiger partial charge in [-0.3, -0.25) is 0 Å². The normalized spacial score (nSPS) is 11.6. The first-order valence-electron chi connectivity index (χ1n) is 4.26. The van der Waals surface area contributed by atoms with Crippen molar-refractivity contribution in [3.8, 4) is 0 Å². The van der Waals surface area contributed by atoms with Crippen molar-refractivity contribution in [3.63, 3.8) is 0 Å². The van der Waals surface area contributed by atoms with Crippen LogP contribution in [0.15, 0.2) is 29.2 Å². The summed E-state index contributed by atoms with van der Waals surface area (Å²) in [6.45, 7) is 0.0915. The van der Waals surface area contributed by atoms with E-state index in [4.69, 9.17) is 5.11 Å². The number of aryl methyl sites for hydroxylation is 1. The number of benzene rings is 1. The molecule has 0 heterocycles. The van der Waals surface area contributed by atoms with Crippen LogP contribution in [-0.2, 0) is 10.1 Å². The smallest absolute Gasteiger partial charge is 0.411 e. The first-order valence-corrected chi connectivity index (χ1v) is 5.67. The largest absolute Gasteiger partial charge is 0.744 e. The fraction of sp³-hybridized carbons (Fsp3) is 0.333. The van der Waals surface area contributed by atoms with Gasteiger partial charge in [-0.1, -0.05) is 17.7 Å². The molecule has 0 unspecified atom stereocenters. The molecular formula is C9H10F3O4S-. The van der Waals surface area contributed by atoms with Gasteiger partial charge < -0.3 is 9.66 Å². The highest BCUT2D eigenvalue weighted by molar-refractivity contribution is 7.85. The fourth-order valence-corrected chi connectivity index (χ4v) is 1.17. The summed E-state index contributed by atoms with van der Waals surface area (Å²) in [4.78, 5) is -0.178. The van der Waals surface area contributed by atoms with Crippen LogP contribution in [0.25, 0.3) is 0 Å². The molecule has 98 valence electrons. The van der Waals surface area contributed by atoms with Crippen LogP contribution in [0, 0.1) is 6.92 Å². The lowest BCUT2D eigenvalue weighted by molar-refractivity contribution is -0.159. The summed E-state index contributed by atoms with van der Waals surface area (Å²) in [5.41, 5.74) is 0.928. The standard InChI is InChI=1S/C7H8O3S.C2H3F3O/c1-6-2-4-7(5-3-6)11(8,9)10;3-2(4,5)1-6/h2-5H,1H3,(H,8,9,10);6H,1H2/p-1. The lowest BCUT2D eigenvalue weighted by Crippen LogP contribution is -2.12. The summed E-state index contributed by atoms with van der Waals surface area (Å²) >= 11 is 0. The van der Waals surface area contributed by atoms with Gasteiger partial charge >= 0.3 is 6.18 Å². The van der Waals surface area contributed by atoms with Crippen LogP contribution in [0.2, 0.25) is 0 Å². The second-order valence-corrected chi connectivity index (χ2v) is 4.42. The van der Waals surface area contributed by atoms with Crippen molar-refractivity contribution in [2.45, 2.75) is 18.0 Å². The highest BCUT2D eigenvalue weighted by Crippen LogP contribution is 2.11. The lowest BCUT2D eigenvalue weighted by atomic mass is 10.2. The molecule has 17 heavy (non-hydrogen) atoms. The van der Waals surface area contributed by atoms with Crippen molar-refractivity contribution in [3.05, 3.63) is 29.8 Å². The second kappa shape index (κ2) is 5.99. The third-order valence-corrected chi connectivity index (χ3v) is 2.34. The summed E-state index contributed by atoms with van der Waals surface area (Å²) < 4.78 is 62.8. The molecular weight excluding hydrogens is 261 g/mol. The number of aliphatic hydroxyl groups is 1. The third kappa shape index (κ3) is 7.72. The Morgan fingerprint density at radius 2 is 1.59 bits per heavy atom. The van der Waals surface area contributed by atoms with Gasteiger partial charge in [-0.15, -0.1) is 0 Å². The monoisotopic (exact) mass is 271 g/mol. The summed E-state index contributed by atoms with van der Waals surface area (Å²) in [5.74, 6) is 0. The van der Waals surface area contributed by atoms with E-state index in [1.54, 1.807) is 12.1 Å². The average molecular weight is 271 g/mol. The van der Waals surface area contributed by atoms with E-state index in [0.29, 0.717) is 0 Å². The van der Waals surface area contributed by atoms with E-state index in [1.165, 1.54) is 12.1 Å². The fourth-order valence-electron chi connectivity index (χ4n) is 0.705. The topological polar surface area (TPSA) is 77.4 Å². The van der Waals surface area contributed by atoms with Gasteiger partial charge in [0.1, 0.15) is 16.7 Å². The Morgan fingerprint density at radius 3 is 1.82 bits per heavy atom. The van der Waals surface area contributed by atoms with Crippen molar-refractivity contribution in [2.75, 3.05) is 6.61 Å². The zero-order valence-corrected chi connectivity index (χ0v) is 9.55. The predicted octanol–water partition coefficient (Wildman–Crippen LogP) is 1.44. The molecule has 4 nitrogen and oxygen atoms in total. The van der Waals surface area contributed by atoms with E-state index in [9.17, 15) is 26.1 Å². The van der Waals surface area contributed by atoms with Crippen molar-refractivity contribution in [1.82, 2.24) is 0 Å². The summed E-state index contributed by atoms with van der Waals surface area (Å²) in [5, 5.41) is 7.28. The molecule has 0 saturated heterocycles. The first kappa shape index (κ1) is 15.9. The molecule has 8 heteroatoms. The maximum absolute atomic E-state index is 10.5. The second-order valence-electron chi connectivity index (χ2n) is 3.04. The van der Waals surface area contributed by atoms with E-state index < -0.39 is 22.9 Å². The minimum atomic E-state index is -4.40. The van der Waals surface area contributed by atoms with Crippen molar-refractivity contribution >= 4 is 10.1 Å². The highest BCUT2D eigenvalue weighted by atomic mass is 32.2.